The molecule has 70 heavy (non-hydrogen) atoms. The molecule has 0 fully saturated rings. The van der Waals surface area contributed by atoms with Crippen LogP contribution < -0.4 is 15.7 Å². The highest BCUT2D eigenvalue weighted by Gasteiger charge is 2.45. The Bertz CT molecular complexity index is 4370. The number of benzene rings is 9. The van der Waals surface area contributed by atoms with Gasteiger partial charge < -0.3 is 13.8 Å². The number of furan rings is 1. The summed E-state index contributed by atoms with van der Waals surface area (Å²) in [4.78, 5) is 2.67. The highest BCUT2D eigenvalue weighted by molar-refractivity contribution is 7.26. The molecule has 2 aliphatic heterocycles. The highest BCUT2D eigenvalue weighted by atomic mass is 32.1. The monoisotopic (exact) mass is 934 g/mol. The van der Waals surface area contributed by atoms with Crippen molar-refractivity contribution >= 4 is 125 Å². The van der Waals surface area contributed by atoms with Crippen LogP contribution in [0.15, 0.2) is 180 Å². The maximum atomic E-state index is 7.23. The Balaban J connectivity index is 1.10. The lowest BCUT2D eigenvalue weighted by molar-refractivity contribution is 0.590. The largest absolute Gasteiger partial charge is 0.455 e. The first-order valence-corrected chi connectivity index (χ1v) is 26.1. The first-order valence-electron chi connectivity index (χ1n) is 24.5. The molecule has 0 aliphatic carbocycles. The summed E-state index contributed by atoms with van der Waals surface area (Å²) in [5, 5.41) is 8.95. The third-order valence-electron chi connectivity index (χ3n) is 15.5. The number of anilines is 2. The van der Waals surface area contributed by atoms with Crippen molar-refractivity contribution in [2.75, 3.05) is 4.81 Å². The van der Waals surface area contributed by atoms with E-state index in [0.717, 1.165) is 33.4 Å². The van der Waals surface area contributed by atoms with Gasteiger partial charge in [0.25, 0.3) is 0 Å². The minimum atomic E-state index is -0.158. The Morgan fingerprint density at radius 2 is 1.10 bits per heavy atom. The van der Waals surface area contributed by atoms with E-state index in [1.807, 2.05) is 22.7 Å². The summed E-state index contributed by atoms with van der Waals surface area (Å²) in [5.74, 6) is 0.891. The number of nitrogens with zero attached hydrogens (tertiary/aromatic N) is 2. The second kappa shape index (κ2) is 14.1. The van der Waals surface area contributed by atoms with Gasteiger partial charge in [-0.2, -0.15) is 0 Å². The van der Waals surface area contributed by atoms with E-state index < -0.39 is 0 Å². The molecule has 0 atom stereocenters. The molecule has 0 N–H and O–H groups in total. The van der Waals surface area contributed by atoms with E-state index in [9.17, 15) is 0 Å². The fourth-order valence-corrected chi connectivity index (χ4v) is 14.3. The van der Waals surface area contributed by atoms with Crippen molar-refractivity contribution in [1.82, 2.24) is 4.57 Å². The first kappa shape index (κ1) is 40.5. The molecule has 15 rings (SSSR count). The lowest BCUT2D eigenvalue weighted by Crippen LogP contribution is -2.60. The van der Waals surface area contributed by atoms with Gasteiger partial charge in [-0.15, -0.1) is 22.7 Å². The molecule has 0 saturated carbocycles. The van der Waals surface area contributed by atoms with Crippen molar-refractivity contribution in [2.45, 2.75) is 52.4 Å². The van der Waals surface area contributed by atoms with Gasteiger partial charge in [-0.1, -0.05) is 157 Å². The van der Waals surface area contributed by atoms with Crippen molar-refractivity contribution in [1.29, 1.82) is 0 Å². The standard InChI is InChI=1S/C64H47BN2OS2/c1-63(2,3)38-21-24-40(25-22-38)67-52-35-58-48(42-26-23-39(64(4,5)6)29-56(42)70-58)30-45(52)43-27-28-44-46-31-47-41-19-13-14-20-55(41)69-57(47)34-51(46)66-53-32-49-54(33-50(53)65(67)60(43)61(44)66)68-62(37-17-11-8-12-18-37)59(49)36-15-9-7-10-16-36/h7-35H,1-6H3. The molecule has 3 nitrogen and oxygen atoms in total. The molecule has 13 aromatic rings. The van der Waals surface area contributed by atoms with E-state index in [1.165, 1.54) is 112 Å². The Labute approximate surface area is 414 Å². The Morgan fingerprint density at radius 1 is 0.457 bits per heavy atom. The summed E-state index contributed by atoms with van der Waals surface area (Å²) in [7, 11) is 0. The molecule has 0 unspecified atom stereocenters. The second-order valence-electron chi connectivity index (χ2n) is 21.7. The number of rotatable bonds is 3. The predicted molar refractivity (Wildman–Crippen MR) is 304 cm³/mol. The second-order valence-corrected chi connectivity index (χ2v) is 23.8. The van der Waals surface area contributed by atoms with Gasteiger partial charge in [-0.05, 0) is 105 Å². The summed E-state index contributed by atoms with van der Waals surface area (Å²) in [6.45, 7) is 13.7. The quantitative estimate of drug-likeness (QED) is 0.165. The van der Waals surface area contributed by atoms with Crippen LogP contribution in [0.5, 0.6) is 0 Å². The van der Waals surface area contributed by atoms with E-state index >= 15 is 0 Å². The van der Waals surface area contributed by atoms with Crippen LogP contribution in [-0.2, 0) is 10.8 Å². The van der Waals surface area contributed by atoms with E-state index in [1.54, 1.807) is 0 Å². The normalized spacial score (nSPS) is 13.5. The average molecular weight is 935 g/mol. The van der Waals surface area contributed by atoms with Gasteiger partial charge in [-0.3, -0.25) is 0 Å². The van der Waals surface area contributed by atoms with Crippen molar-refractivity contribution < 1.29 is 4.42 Å². The zero-order chi connectivity index (χ0) is 46.9. The number of hydrogen-bond donors (Lipinski definition) is 0. The summed E-state index contributed by atoms with van der Waals surface area (Å²) < 4.78 is 15.1. The van der Waals surface area contributed by atoms with Crippen molar-refractivity contribution in [3.05, 3.63) is 187 Å². The molecule has 4 aromatic heterocycles. The first-order chi connectivity index (χ1) is 34.0. The summed E-state index contributed by atoms with van der Waals surface area (Å²) >= 11 is 3.81. The minimum absolute atomic E-state index is 0.0154. The zero-order valence-corrected chi connectivity index (χ0v) is 41.6. The van der Waals surface area contributed by atoms with Crippen LogP contribution in [0.4, 0.5) is 11.4 Å². The Morgan fingerprint density at radius 3 is 1.87 bits per heavy atom. The lowest BCUT2D eigenvalue weighted by atomic mass is 9.44. The number of hydrogen-bond acceptors (Lipinski definition) is 4. The molecule has 0 radical (unpaired) electrons. The Hall–Kier alpha value is -7.38. The fourth-order valence-electron chi connectivity index (χ4n) is 12.0. The van der Waals surface area contributed by atoms with Gasteiger partial charge in [0.05, 0.1) is 11.0 Å². The maximum absolute atomic E-state index is 7.23. The summed E-state index contributed by atoms with van der Waals surface area (Å²) in [6.07, 6.45) is 0. The van der Waals surface area contributed by atoms with Gasteiger partial charge in [0.1, 0.15) is 11.3 Å². The summed E-state index contributed by atoms with van der Waals surface area (Å²) in [6, 6.07) is 66.6. The van der Waals surface area contributed by atoms with E-state index in [-0.39, 0.29) is 17.7 Å². The van der Waals surface area contributed by atoms with E-state index in [4.69, 9.17) is 4.42 Å². The third kappa shape index (κ3) is 5.63. The zero-order valence-electron chi connectivity index (χ0n) is 39.9. The lowest BCUT2D eigenvalue weighted by Gasteiger charge is -2.42. The van der Waals surface area contributed by atoms with Gasteiger partial charge >= 0.3 is 6.85 Å². The molecule has 0 saturated heterocycles. The maximum Gasteiger partial charge on any atom is 0.333 e. The van der Waals surface area contributed by atoms with Crippen LogP contribution in [0, 0.1) is 0 Å². The molecule has 6 heteroatoms. The van der Waals surface area contributed by atoms with Crippen LogP contribution >= 0.6 is 22.7 Å². The smallest absolute Gasteiger partial charge is 0.333 e. The topological polar surface area (TPSA) is 21.3 Å². The highest BCUT2D eigenvalue weighted by Crippen LogP contribution is 2.51. The number of fused-ring (bicyclic) bond motifs is 15. The molecule has 0 spiro atoms. The average Bonchev–Trinajstić information content (AvgIpc) is 4.12. The van der Waals surface area contributed by atoms with Crippen molar-refractivity contribution in [2.24, 2.45) is 0 Å². The number of aromatic nitrogens is 1. The Kier molecular flexibility index (Phi) is 8.17. The SMILES string of the molecule is CC(C)(C)c1ccc(N2B3c4cc5oc(-c6ccccc6)c(-c6ccccc6)c5cc4-n4c5cc6sc7ccccc7c6cc5c5ccc(c3c54)-c3cc4c(cc32)sc2cc(C(C)(C)C)ccc24)cc1. The van der Waals surface area contributed by atoms with Crippen LogP contribution in [-0.4, -0.2) is 11.4 Å². The molecule has 0 amide bonds. The molecule has 334 valence electrons. The predicted octanol–water partition coefficient (Wildman–Crippen LogP) is 17.4. The number of thiophene rings is 2. The minimum Gasteiger partial charge on any atom is -0.455 e. The molecule has 9 aromatic carbocycles. The van der Waals surface area contributed by atoms with E-state index in [0.29, 0.717) is 0 Å². The van der Waals surface area contributed by atoms with Crippen LogP contribution in [0.25, 0.3) is 112 Å². The van der Waals surface area contributed by atoms with E-state index in [2.05, 4.69) is 227 Å². The molecular formula is C64H47BN2OS2. The van der Waals surface area contributed by atoms with Gasteiger partial charge in [0.2, 0.25) is 0 Å². The molecule has 0 bridgehead atoms. The molecular weight excluding hydrogens is 888 g/mol. The third-order valence-corrected chi connectivity index (χ3v) is 17.7. The van der Waals surface area contributed by atoms with Gasteiger partial charge in [0.15, 0.2) is 0 Å². The molecule has 6 heterocycles. The fraction of sp³-hybridized carbons (Fsp3) is 0.125. The van der Waals surface area contributed by atoms with Gasteiger partial charge in [-0.25, -0.2) is 0 Å². The van der Waals surface area contributed by atoms with Crippen molar-refractivity contribution in [3.63, 3.8) is 0 Å². The molecule has 2 aliphatic rings. The van der Waals surface area contributed by atoms with Crippen LogP contribution in [0.3, 0.4) is 0 Å². The van der Waals surface area contributed by atoms with Gasteiger partial charge in [0, 0.05) is 90.3 Å². The van der Waals surface area contributed by atoms with Crippen LogP contribution in [0.2, 0.25) is 0 Å². The summed E-state index contributed by atoms with van der Waals surface area (Å²) in [5.41, 5.74) is 18.2. The van der Waals surface area contributed by atoms with Crippen molar-refractivity contribution in [3.8, 4) is 39.3 Å². The van der Waals surface area contributed by atoms with Crippen LogP contribution in [0.1, 0.15) is 52.7 Å².